The molecule has 0 amide bonds. The van der Waals surface area contributed by atoms with Gasteiger partial charge in [-0.2, -0.15) is 0 Å². The van der Waals surface area contributed by atoms with Crippen LogP contribution in [0.5, 0.6) is 0 Å². The Hall–Kier alpha value is -0.0400. The molecule has 0 aromatic carbocycles. The first-order valence-electron chi connectivity index (χ1n) is 7.92. The van der Waals surface area contributed by atoms with Crippen molar-refractivity contribution in [2.24, 2.45) is 16.8 Å². The van der Waals surface area contributed by atoms with Gasteiger partial charge in [0.1, 0.15) is 0 Å². The first-order valence-corrected chi connectivity index (χ1v) is 7.92. The van der Waals surface area contributed by atoms with Gasteiger partial charge in [0, 0.05) is 20.1 Å². The molecule has 0 aromatic heterocycles. The summed E-state index contributed by atoms with van der Waals surface area (Å²) in [6.45, 7) is 1.63. The summed E-state index contributed by atoms with van der Waals surface area (Å²) in [5.74, 6) is 2.13. The fourth-order valence-electron chi connectivity index (χ4n) is 3.05. The van der Waals surface area contributed by atoms with Crippen LogP contribution in [0.3, 0.4) is 0 Å². The highest BCUT2D eigenvalue weighted by Crippen LogP contribution is 2.26. The summed E-state index contributed by atoms with van der Waals surface area (Å²) in [6, 6.07) is 0. The number of hydrogen-bond donors (Lipinski definition) is 3. The van der Waals surface area contributed by atoms with Crippen molar-refractivity contribution in [3.05, 3.63) is 0 Å². The molecule has 2 fully saturated rings. The molecule has 0 aliphatic heterocycles. The van der Waals surface area contributed by atoms with E-state index in [1.54, 1.807) is 7.05 Å². The number of halogens is 1. The van der Waals surface area contributed by atoms with E-state index in [2.05, 4.69) is 15.6 Å². The van der Waals surface area contributed by atoms with Crippen molar-refractivity contribution in [1.82, 2.24) is 10.6 Å². The Kier molecular flexibility index (Phi) is 8.84. The molecule has 0 heterocycles. The number of nitrogens with zero attached hydrogens (tertiary/aromatic N) is 1. The Bertz CT molecular complexity index is 289. The van der Waals surface area contributed by atoms with Gasteiger partial charge in [-0.05, 0) is 37.5 Å². The predicted octanol–water partition coefficient (Wildman–Crippen LogP) is 2.51. The van der Waals surface area contributed by atoms with Crippen molar-refractivity contribution < 1.29 is 5.11 Å². The maximum atomic E-state index is 10.2. The lowest BCUT2D eigenvalue weighted by Gasteiger charge is -2.28. The maximum absolute atomic E-state index is 10.2. The zero-order valence-corrected chi connectivity index (χ0v) is 14.9. The molecular weight excluding hydrogens is 365 g/mol. The van der Waals surface area contributed by atoms with Gasteiger partial charge in [-0.15, -0.1) is 24.0 Å². The van der Waals surface area contributed by atoms with Crippen LogP contribution in [0.4, 0.5) is 0 Å². The molecule has 2 saturated carbocycles. The summed E-state index contributed by atoms with van der Waals surface area (Å²) in [7, 11) is 1.79. The zero-order valence-electron chi connectivity index (χ0n) is 12.6. The number of hydrogen-bond acceptors (Lipinski definition) is 2. The van der Waals surface area contributed by atoms with E-state index in [1.165, 1.54) is 51.4 Å². The highest BCUT2D eigenvalue weighted by molar-refractivity contribution is 14.0. The molecule has 3 N–H and O–H groups in total. The number of aliphatic imine (C=N–C) groups is 1. The molecule has 118 valence electrons. The first kappa shape index (κ1) is 18.0. The van der Waals surface area contributed by atoms with Crippen LogP contribution in [-0.2, 0) is 0 Å². The van der Waals surface area contributed by atoms with Gasteiger partial charge in [-0.25, -0.2) is 0 Å². The molecule has 0 saturated heterocycles. The number of guanidine groups is 1. The summed E-state index contributed by atoms with van der Waals surface area (Å²) in [4.78, 5) is 4.22. The monoisotopic (exact) mass is 395 g/mol. The molecule has 2 rings (SSSR count). The Balaban J connectivity index is 0.00000200. The van der Waals surface area contributed by atoms with Crippen LogP contribution in [0.15, 0.2) is 4.99 Å². The second kappa shape index (κ2) is 9.82. The summed E-state index contributed by atoms with van der Waals surface area (Å²) >= 11 is 0. The number of rotatable bonds is 5. The number of aliphatic hydroxyl groups is 1. The van der Waals surface area contributed by atoms with Crippen LogP contribution in [0.2, 0.25) is 0 Å². The minimum absolute atomic E-state index is 0. The van der Waals surface area contributed by atoms with Gasteiger partial charge >= 0.3 is 0 Å². The number of nitrogens with one attached hydrogen (secondary N) is 2. The van der Waals surface area contributed by atoms with Crippen LogP contribution < -0.4 is 10.6 Å². The van der Waals surface area contributed by atoms with Crippen molar-refractivity contribution in [2.45, 2.75) is 57.5 Å². The molecule has 1 unspecified atom stereocenters. The van der Waals surface area contributed by atoms with Gasteiger partial charge in [0.25, 0.3) is 0 Å². The molecule has 0 bridgehead atoms. The lowest BCUT2D eigenvalue weighted by Crippen LogP contribution is -2.45. The minimum Gasteiger partial charge on any atom is -0.391 e. The van der Waals surface area contributed by atoms with E-state index in [1.807, 2.05) is 0 Å². The quantitative estimate of drug-likeness (QED) is 0.381. The largest absolute Gasteiger partial charge is 0.391 e. The fourth-order valence-corrected chi connectivity index (χ4v) is 3.05. The van der Waals surface area contributed by atoms with E-state index in [9.17, 15) is 5.11 Å². The second-order valence-corrected chi connectivity index (χ2v) is 6.10. The molecule has 0 spiro atoms. The van der Waals surface area contributed by atoms with E-state index >= 15 is 0 Å². The third kappa shape index (κ3) is 5.76. The van der Waals surface area contributed by atoms with Gasteiger partial charge in [0.15, 0.2) is 5.96 Å². The van der Waals surface area contributed by atoms with Crippen LogP contribution >= 0.6 is 24.0 Å². The third-order valence-corrected chi connectivity index (χ3v) is 4.68. The fraction of sp³-hybridized carbons (Fsp3) is 0.933. The van der Waals surface area contributed by atoms with Gasteiger partial charge in [-0.1, -0.05) is 25.7 Å². The van der Waals surface area contributed by atoms with Crippen molar-refractivity contribution in [2.75, 3.05) is 20.1 Å². The highest BCUT2D eigenvalue weighted by Gasteiger charge is 2.22. The maximum Gasteiger partial charge on any atom is 0.191 e. The Morgan fingerprint density at radius 1 is 1.10 bits per heavy atom. The van der Waals surface area contributed by atoms with Crippen LogP contribution in [-0.4, -0.2) is 37.3 Å². The average Bonchev–Trinajstić information content (AvgIpc) is 2.41. The van der Waals surface area contributed by atoms with Crippen molar-refractivity contribution in [1.29, 1.82) is 0 Å². The predicted molar refractivity (Wildman–Crippen MR) is 94.7 cm³/mol. The van der Waals surface area contributed by atoms with Crippen LogP contribution in [0.1, 0.15) is 51.4 Å². The summed E-state index contributed by atoms with van der Waals surface area (Å²) in [5, 5.41) is 16.8. The normalized spacial score (nSPS) is 22.6. The molecule has 20 heavy (non-hydrogen) atoms. The van der Waals surface area contributed by atoms with Gasteiger partial charge in [0.05, 0.1) is 6.10 Å². The second-order valence-electron chi connectivity index (χ2n) is 6.10. The Morgan fingerprint density at radius 3 is 2.35 bits per heavy atom. The van der Waals surface area contributed by atoms with Crippen molar-refractivity contribution in [3.8, 4) is 0 Å². The molecule has 0 radical (unpaired) electrons. The SMILES string of the molecule is CN=C(NCC1CCC1)NCC(O)C1CCCCC1.I. The lowest BCUT2D eigenvalue weighted by atomic mass is 9.85. The van der Waals surface area contributed by atoms with E-state index < -0.39 is 0 Å². The Morgan fingerprint density at radius 2 is 1.80 bits per heavy atom. The van der Waals surface area contributed by atoms with E-state index in [4.69, 9.17) is 0 Å². The van der Waals surface area contributed by atoms with Gasteiger partial charge in [-0.3, -0.25) is 4.99 Å². The van der Waals surface area contributed by atoms with E-state index in [-0.39, 0.29) is 30.1 Å². The molecule has 5 heteroatoms. The lowest BCUT2D eigenvalue weighted by molar-refractivity contribution is 0.0879. The van der Waals surface area contributed by atoms with Crippen LogP contribution in [0.25, 0.3) is 0 Å². The van der Waals surface area contributed by atoms with Gasteiger partial charge in [0.2, 0.25) is 0 Å². The molecule has 0 aromatic rings. The molecular formula is C15H30IN3O. The summed E-state index contributed by atoms with van der Waals surface area (Å²) in [6.07, 6.45) is 10.1. The standard InChI is InChI=1S/C15H29N3O.HI/c1-16-15(17-10-12-6-5-7-12)18-11-14(19)13-8-3-2-4-9-13;/h12-14,19H,2-11H2,1H3,(H2,16,17,18);1H. The topological polar surface area (TPSA) is 56.7 Å². The number of aliphatic hydroxyl groups excluding tert-OH is 1. The first-order chi connectivity index (χ1) is 9.29. The summed E-state index contributed by atoms with van der Waals surface area (Å²) < 4.78 is 0. The zero-order chi connectivity index (χ0) is 13.5. The summed E-state index contributed by atoms with van der Waals surface area (Å²) in [5.41, 5.74) is 0. The van der Waals surface area contributed by atoms with Gasteiger partial charge < -0.3 is 15.7 Å². The van der Waals surface area contributed by atoms with E-state index in [0.717, 1.165) is 18.4 Å². The van der Waals surface area contributed by atoms with Crippen molar-refractivity contribution in [3.63, 3.8) is 0 Å². The Labute approximate surface area is 140 Å². The molecule has 2 aliphatic carbocycles. The molecule has 4 nitrogen and oxygen atoms in total. The molecule has 2 aliphatic rings. The third-order valence-electron chi connectivity index (χ3n) is 4.68. The minimum atomic E-state index is -0.234. The smallest absolute Gasteiger partial charge is 0.191 e. The average molecular weight is 395 g/mol. The highest BCUT2D eigenvalue weighted by atomic mass is 127. The molecule has 1 atom stereocenters. The van der Waals surface area contributed by atoms with Crippen LogP contribution in [0, 0.1) is 11.8 Å². The van der Waals surface area contributed by atoms with E-state index in [0.29, 0.717) is 12.5 Å². The van der Waals surface area contributed by atoms with Crippen molar-refractivity contribution >= 4 is 29.9 Å².